The van der Waals surface area contributed by atoms with Crippen molar-refractivity contribution in [2.75, 3.05) is 13.2 Å². The highest BCUT2D eigenvalue weighted by Gasteiger charge is 2.50. The molecule has 1 aliphatic heterocycles. The van der Waals surface area contributed by atoms with Gasteiger partial charge in [-0.05, 0) is 37.1 Å². The Labute approximate surface area is 154 Å². The number of benzene rings is 1. The van der Waals surface area contributed by atoms with E-state index in [1.807, 2.05) is 17.9 Å². The molecule has 142 valence electrons. The zero-order valence-corrected chi connectivity index (χ0v) is 15.5. The van der Waals surface area contributed by atoms with E-state index in [1.54, 1.807) is 6.07 Å². The Kier molecular flexibility index (Phi) is 5.91. The third-order valence-corrected chi connectivity index (χ3v) is 5.54. The first kappa shape index (κ1) is 18.8. The quantitative estimate of drug-likeness (QED) is 0.815. The number of urea groups is 1. The summed E-state index contributed by atoms with van der Waals surface area (Å²) < 4.78 is 13.4. The SMILES string of the molecule is CCN(Cc1cccc(F)c1)CN1C(=O)NC2(CCCCCCC2)C1=O. The largest absolute Gasteiger partial charge is 0.326 e. The van der Waals surface area contributed by atoms with Crippen molar-refractivity contribution in [1.82, 2.24) is 15.1 Å². The van der Waals surface area contributed by atoms with Gasteiger partial charge < -0.3 is 5.32 Å². The van der Waals surface area contributed by atoms with Gasteiger partial charge in [0, 0.05) is 6.54 Å². The molecule has 1 saturated carbocycles. The van der Waals surface area contributed by atoms with Crippen LogP contribution in [0.5, 0.6) is 0 Å². The molecule has 0 atom stereocenters. The summed E-state index contributed by atoms with van der Waals surface area (Å²) in [7, 11) is 0. The summed E-state index contributed by atoms with van der Waals surface area (Å²) in [5.41, 5.74) is 0.120. The van der Waals surface area contributed by atoms with Gasteiger partial charge in [0.25, 0.3) is 5.91 Å². The molecule has 1 N–H and O–H groups in total. The van der Waals surface area contributed by atoms with Crippen LogP contribution in [-0.2, 0) is 11.3 Å². The van der Waals surface area contributed by atoms with Gasteiger partial charge in [-0.15, -0.1) is 0 Å². The molecule has 1 aromatic carbocycles. The van der Waals surface area contributed by atoms with Crippen LogP contribution < -0.4 is 5.32 Å². The lowest BCUT2D eigenvalue weighted by Crippen LogP contribution is -2.48. The average Bonchev–Trinajstić information content (AvgIpc) is 2.82. The number of imide groups is 1. The summed E-state index contributed by atoms with van der Waals surface area (Å²) >= 11 is 0. The molecule has 3 amide bonds. The Morgan fingerprint density at radius 2 is 1.85 bits per heavy atom. The average molecular weight is 361 g/mol. The molecule has 1 spiro atoms. The zero-order chi connectivity index (χ0) is 18.6. The Morgan fingerprint density at radius 1 is 1.15 bits per heavy atom. The van der Waals surface area contributed by atoms with Gasteiger partial charge >= 0.3 is 6.03 Å². The lowest BCUT2D eigenvalue weighted by atomic mass is 9.84. The van der Waals surface area contributed by atoms with Crippen LogP contribution in [0.4, 0.5) is 9.18 Å². The van der Waals surface area contributed by atoms with E-state index < -0.39 is 5.54 Å². The highest BCUT2D eigenvalue weighted by molar-refractivity contribution is 6.07. The van der Waals surface area contributed by atoms with Crippen LogP contribution in [0.25, 0.3) is 0 Å². The van der Waals surface area contributed by atoms with Gasteiger partial charge in [-0.25, -0.2) is 14.1 Å². The second-order valence-corrected chi connectivity index (χ2v) is 7.43. The van der Waals surface area contributed by atoms with Gasteiger partial charge in [0.05, 0.1) is 6.67 Å². The number of hydrogen-bond donors (Lipinski definition) is 1. The number of rotatable bonds is 5. The number of carbonyl (C=O) groups excluding carboxylic acids is 2. The minimum atomic E-state index is -0.713. The van der Waals surface area contributed by atoms with Gasteiger partial charge in [-0.1, -0.05) is 51.2 Å². The van der Waals surface area contributed by atoms with Gasteiger partial charge in [0.1, 0.15) is 11.4 Å². The molecule has 0 bridgehead atoms. The molecular formula is C20H28FN3O2. The first-order valence-electron chi connectivity index (χ1n) is 9.65. The van der Waals surface area contributed by atoms with Crippen LogP contribution in [0.1, 0.15) is 57.4 Å². The molecule has 6 heteroatoms. The fraction of sp³-hybridized carbons (Fsp3) is 0.600. The van der Waals surface area contributed by atoms with Gasteiger partial charge in [0.15, 0.2) is 0 Å². The second kappa shape index (κ2) is 8.16. The number of halogens is 1. The van der Waals surface area contributed by atoms with Crippen molar-refractivity contribution >= 4 is 11.9 Å². The minimum Gasteiger partial charge on any atom is -0.323 e. The van der Waals surface area contributed by atoms with E-state index in [4.69, 9.17) is 0 Å². The van der Waals surface area contributed by atoms with Crippen molar-refractivity contribution in [3.05, 3.63) is 35.6 Å². The maximum Gasteiger partial charge on any atom is 0.326 e. The molecule has 5 nitrogen and oxygen atoms in total. The summed E-state index contributed by atoms with van der Waals surface area (Å²) in [5.74, 6) is -0.371. The predicted octanol–water partition coefficient (Wildman–Crippen LogP) is 3.64. The molecule has 26 heavy (non-hydrogen) atoms. The van der Waals surface area contributed by atoms with Crippen molar-refractivity contribution < 1.29 is 14.0 Å². The highest BCUT2D eigenvalue weighted by Crippen LogP contribution is 2.32. The van der Waals surface area contributed by atoms with E-state index >= 15 is 0 Å². The summed E-state index contributed by atoms with van der Waals surface area (Å²) in [4.78, 5) is 28.9. The number of nitrogens with zero attached hydrogens (tertiary/aromatic N) is 2. The summed E-state index contributed by atoms with van der Waals surface area (Å²) in [6, 6.07) is 6.14. The van der Waals surface area contributed by atoms with Crippen LogP contribution in [-0.4, -0.2) is 40.5 Å². The standard InChI is InChI=1S/C20H28FN3O2/c1-2-23(14-16-9-8-10-17(21)13-16)15-24-18(25)20(22-19(24)26)11-6-4-3-5-7-12-20/h8-10,13H,2-7,11-12,14-15H2,1H3,(H,22,26). The molecule has 1 heterocycles. The number of amides is 3. The van der Waals surface area contributed by atoms with Crippen molar-refractivity contribution in [2.24, 2.45) is 0 Å². The maximum absolute atomic E-state index is 13.4. The molecule has 3 rings (SSSR count). The van der Waals surface area contributed by atoms with E-state index in [9.17, 15) is 14.0 Å². The normalized spacial score (nSPS) is 20.3. The molecule has 1 saturated heterocycles. The topological polar surface area (TPSA) is 52.6 Å². The van der Waals surface area contributed by atoms with E-state index in [2.05, 4.69) is 5.32 Å². The molecule has 1 aromatic rings. The molecule has 0 aromatic heterocycles. The van der Waals surface area contributed by atoms with Gasteiger partial charge in [0.2, 0.25) is 0 Å². The zero-order valence-electron chi connectivity index (χ0n) is 15.5. The first-order valence-corrected chi connectivity index (χ1v) is 9.65. The molecule has 1 aliphatic carbocycles. The Hall–Kier alpha value is -1.95. The van der Waals surface area contributed by atoms with Crippen LogP contribution >= 0.6 is 0 Å². The summed E-state index contributed by atoms with van der Waals surface area (Å²) in [5, 5.41) is 2.99. The molecule has 0 radical (unpaired) electrons. The molecule has 2 fully saturated rings. The molecule has 2 aliphatic rings. The van der Waals surface area contributed by atoms with Crippen molar-refractivity contribution in [2.45, 2.75) is 64.0 Å². The van der Waals surface area contributed by atoms with E-state index in [0.29, 0.717) is 13.1 Å². The minimum absolute atomic E-state index is 0.0953. The van der Waals surface area contributed by atoms with Crippen LogP contribution in [0.15, 0.2) is 24.3 Å². The highest BCUT2D eigenvalue weighted by atomic mass is 19.1. The number of carbonyl (C=O) groups is 2. The lowest BCUT2D eigenvalue weighted by molar-refractivity contribution is -0.133. The van der Waals surface area contributed by atoms with Gasteiger partial charge in [-0.3, -0.25) is 9.69 Å². The van der Waals surface area contributed by atoms with Crippen molar-refractivity contribution in [1.29, 1.82) is 0 Å². The van der Waals surface area contributed by atoms with Crippen molar-refractivity contribution in [3.63, 3.8) is 0 Å². The van der Waals surface area contributed by atoms with Crippen LogP contribution in [0, 0.1) is 5.82 Å². The lowest BCUT2D eigenvalue weighted by Gasteiger charge is -2.29. The van der Waals surface area contributed by atoms with E-state index in [-0.39, 0.29) is 24.4 Å². The second-order valence-electron chi connectivity index (χ2n) is 7.43. The fourth-order valence-corrected chi connectivity index (χ4v) is 4.01. The van der Waals surface area contributed by atoms with Crippen LogP contribution in [0.3, 0.4) is 0 Å². The van der Waals surface area contributed by atoms with Crippen molar-refractivity contribution in [3.8, 4) is 0 Å². The van der Waals surface area contributed by atoms with E-state index in [0.717, 1.165) is 44.1 Å². The summed E-state index contributed by atoms with van der Waals surface area (Å²) in [6.45, 7) is 3.38. The maximum atomic E-state index is 13.4. The summed E-state index contributed by atoms with van der Waals surface area (Å²) in [6.07, 6.45) is 6.84. The number of hydrogen-bond acceptors (Lipinski definition) is 3. The van der Waals surface area contributed by atoms with Crippen LogP contribution in [0.2, 0.25) is 0 Å². The molecule has 0 unspecified atom stereocenters. The third kappa shape index (κ3) is 4.06. The smallest absolute Gasteiger partial charge is 0.323 e. The molecular weight excluding hydrogens is 333 g/mol. The van der Waals surface area contributed by atoms with E-state index in [1.165, 1.54) is 23.5 Å². The Morgan fingerprint density at radius 3 is 2.50 bits per heavy atom. The monoisotopic (exact) mass is 361 g/mol. The Bertz CT molecular complexity index is 656. The first-order chi connectivity index (χ1) is 12.5. The fourth-order valence-electron chi connectivity index (χ4n) is 4.01. The van der Waals surface area contributed by atoms with Gasteiger partial charge in [-0.2, -0.15) is 0 Å². The third-order valence-electron chi connectivity index (χ3n) is 5.54. The Balaban J connectivity index is 1.69. The number of nitrogens with one attached hydrogen (secondary N) is 1. The predicted molar refractivity (Wildman–Crippen MR) is 97.8 cm³/mol.